The van der Waals surface area contributed by atoms with E-state index in [-0.39, 0.29) is 12.7 Å². The summed E-state index contributed by atoms with van der Waals surface area (Å²) >= 11 is 1.83. The number of thioether (sulfide) groups is 1. The van der Waals surface area contributed by atoms with Crippen molar-refractivity contribution in [1.29, 1.82) is 0 Å². The number of methoxy groups -OCH3 is 1. The van der Waals surface area contributed by atoms with Crippen molar-refractivity contribution < 1.29 is 33.6 Å². The maximum absolute atomic E-state index is 12.4. The van der Waals surface area contributed by atoms with Crippen molar-refractivity contribution in [2.45, 2.75) is 39.2 Å². The zero-order valence-electron chi connectivity index (χ0n) is 19.4. The molecule has 182 valence electrons. The van der Waals surface area contributed by atoms with Crippen LogP contribution in [0.4, 0.5) is 4.79 Å². The van der Waals surface area contributed by atoms with E-state index < -0.39 is 12.1 Å². The molecule has 0 heterocycles. The molecule has 32 heavy (non-hydrogen) atoms. The Kier molecular flexibility index (Phi) is 15.4. The summed E-state index contributed by atoms with van der Waals surface area (Å²) in [6.07, 6.45) is 1.39. The van der Waals surface area contributed by atoms with Gasteiger partial charge in [-0.3, -0.25) is 0 Å². The first-order valence-corrected chi connectivity index (χ1v) is 12.2. The normalized spacial score (nSPS) is 11.7. The highest BCUT2D eigenvalue weighted by molar-refractivity contribution is 7.99. The quantitative estimate of drug-likeness (QED) is 0.324. The van der Waals surface area contributed by atoms with Crippen LogP contribution in [0.2, 0.25) is 0 Å². The number of carboxylic acids is 1. The Balaban J connectivity index is 2.52. The highest BCUT2D eigenvalue weighted by Crippen LogP contribution is 2.15. The standard InChI is InChI=1S/C23H37NO7S/c1-4-6-16-32-17-12-24(23(27)31-15-14-28-3)11-13-30-20-9-7-19(8-10-20)18-21(22(25)26)29-5-2/h7-10,21H,4-6,11-18H2,1-3H3,(H,25,26). The van der Waals surface area contributed by atoms with Gasteiger partial charge in [-0.05, 0) is 36.8 Å². The van der Waals surface area contributed by atoms with Crippen molar-refractivity contribution >= 4 is 23.8 Å². The minimum absolute atomic E-state index is 0.218. The molecular formula is C23H37NO7S. The topological polar surface area (TPSA) is 94.5 Å². The molecule has 1 unspecified atom stereocenters. The van der Waals surface area contributed by atoms with Crippen LogP contribution < -0.4 is 4.74 Å². The van der Waals surface area contributed by atoms with E-state index >= 15 is 0 Å². The SMILES string of the molecule is CCCCSCCN(CCOc1ccc(CC(OCC)C(=O)O)cc1)C(=O)OCCOC. The van der Waals surface area contributed by atoms with Crippen LogP contribution in [-0.4, -0.2) is 86.3 Å². The minimum atomic E-state index is -0.975. The third-order valence-corrected chi connectivity index (χ3v) is 5.59. The lowest BCUT2D eigenvalue weighted by atomic mass is 10.1. The van der Waals surface area contributed by atoms with E-state index in [1.807, 2.05) is 23.9 Å². The van der Waals surface area contributed by atoms with Gasteiger partial charge in [0.15, 0.2) is 6.10 Å². The molecule has 0 radical (unpaired) electrons. The van der Waals surface area contributed by atoms with E-state index in [1.165, 1.54) is 6.42 Å². The molecule has 0 aliphatic rings. The molecule has 8 nitrogen and oxygen atoms in total. The Morgan fingerprint density at radius 2 is 1.81 bits per heavy atom. The Morgan fingerprint density at radius 3 is 2.44 bits per heavy atom. The fourth-order valence-electron chi connectivity index (χ4n) is 2.75. The van der Waals surface area contributed by atoms with Gasteiger partial charge in [0, 0.05) is 32.4 Å². The first-order valence-electron chi connectivity index (χ1n) is 11.1. The Bertz CT molecular complexity index is 642. The molecule has 1 aromatic rings. The van der Waals surface area contributed by atoms with Gasteiger partial charge in [0.2, 0.25) is 0 Å². The van der Waals surface area contributed by atoms with Crippen molar-refractivity contribution in [3.8, 4) is 5.75 Å². The maximum atomic E-state index is 12.4. The summed E-state index contributed by atoms with van der Waals surface area (Å²) in [5.41, 5.74) is 0.852. The number of carboxylic acid groups (broad SMARTS) is 1. The average molecular weight is 472 g/mol. The zero-order chi connectivity index (χ0) is 23.6. The minimum Gasteiger partial charge on any atom is -0.492 e. The number of hydrogen-bond donors (Lipinski definition) is 1. The number of nitrogens with zero attached hydrogens (tertiary/aromatic N) is 1. The molecule has 0 aliphatic carbocycles. The van der Waals surface area contributed by atoms with Crippen molar-refractivity contribution in [3.63, 3.8) is 0 Å². The molecule has 0 aliphatic heterocycles. The van der Waals surface area contributed by atoms with Crippen LogP contribution in [0.1, 0.15) is 32.3 Å². The van der Waals surface area contributed by atoms with Crippen LogP contribution in [-0.2, 0) is 25.4 Å². The number of rotatable bonds is 18. The van der Waals surface area contributed by atoms with Gasteiger partial charge in [-0.25, -0.2) is 9.59 Å². The summed E-state index contributed by atoms with van der Waals surface area (Å²) in [7, 11) is 1.56. The summed E-state index contributed by atoms with van der Waals surface area (Å²) in [5, 5.41) is 9.20. The van der Waals surface area contributed by atoms with Gasteiger partial charge >= 0.3 is 12.1 Å². The lowest BCUT2D eigenvalue weighted by Crippen LogP contribution is -2.37. The van der Waals surface area contributed by atoms with E-state index in [9.17, 15) is 14.7 Å². The Labute approximate surface area is 195 Å². The molecule has 1 aromatic carbocycles. The number of carbonyl (C=O) groups excluding carboxylic acids is 1. The molecule has 1 N–H and O–H groups in total. The zero-order valence-corrected chi connectivity index (χ0v) is 20.2. The molecule has 0 bridgehead atoms. The van der Waals surface area contributed by atoms with Crippen LogP contribution in [0.25, 0.3) is 0 Å². The van der Waals surface area contributed by atoms with E-state index in [0.29, 0.717) is 45.1 Å². The number of aliphatic carboxylic acids is 1. The van der Waals surface area contributed by atoms with Crippen LogP contribution in [0.15, 0.2) is 24.3 Å². The molecule has 0 fully saturated rings. The van der Waals surface area contributed by atoms with Gasteiger partial charge < -0.3 is 29.0 Å². The number of ether oxygens (including phenoxy) is 4. The van der Waals surface area contributed by atoms with Crippen molar-refractivity contribution in [2.75, 3.05) is 58.1 Å². The summed E-state index contributed by atoms with van der Waals surface area (Å²) in [5.74, 6) is 1.61. The van der Waals surface area contributed by atoms with Crippen LogP contribution >= 0.6 is 11.8 Å². The second kappa shape index (κ2) is 17.6. The molecule has 1 amide bonds. The smallest absolute Gasteiger partial charge is 0.409 e. The van der Waals surface area contributed by atoms with Crippen molar-refractivity contribution in [1.82, 2.24) is 4.90 Å². The van der Waals surface area contributed by atoms with Crippen LogP contribution in [0.3, 0.4) is 0 Å². The van der Waals surface area contributed by atoms with Gasteiger partial charge in [-0.15, -0.1) is 0 Å². The molecule has 1 rings (SSSR count). The van der Waals surface area contributed by atoms with Crippen molar-refractivity contribution in [2.24, 2.45) is 0 Å². The lowest BCUT2D eigenvalue weighted by molar-refractivity contribution is -0.149. The monoisotopic (exact) mass is 471 g/mol. The highest BCUT2D eigenvalue weighted by atomic mass is 32.2. The van der Waals surface area contributed by atoms with Gasteiger partial charge in [-0.1, -0.05) is 25.5 Å². The molecule has 0 spiro atoms. The third kappa shape index (κ3) is 12.2. The maximum Gasteiger partial charge on any atom is 0.409 e. The fourth-order valence-corrected chi connectivity index (χ4v) is 3.80. The van der Waals surface area contributed by atoms with E-state index in [0.717, 1.165) is 23.5 Å². The molecular weight excluding hydrogens is 434 g/mol. The number of carbonyl (C=O) groups is 2. The van der Waals surface area contributed by atoms with E-state index in [1.54, 1.807) is 31.1 Å². The van der Waals surface area contributed by atoms with Crippen LogP contribution in [0.5, 0.6) is 5.75 Å². The van der Waals surface area contributed by atoms with Gasteiger partial charge in [0.25, 0.3) is 0 Å². The number of amides is 1. The summed E-state index contributed by atoms with van der Waals surface area (Å²) in [4.78, 5) is 25.2. The predicted octanol–water partition coefficient (Wildman–Crippen LogP) is 3.72. The molecule has 0 saturated carbocycles. The van der Waals surface area contributed by atoms with Crippen LogP contribution in [0, 0.1) is 0 Å². The van der Waals surface area contributed by atoms with Gasteiger partial charge in [0.05, 0.1) is 13.2 Å². The summed E-state index contributed by atoms with van der Waals surface area (Å²) < 4.78 is 21.2. The lowest BCUT2D eigenvalue weighted by Gasteiger charge is -2.22. The largest absolute Gasteiger partial charge is 0.492 e. The summed E-state index contributed by atoms with van der Waals surface area (Å²) in [6, 6.07) is 7.24. The summed E-state index contributed by atoms with van der Waals surface area (Å²) in [6.45, 7) is 6.19. The number of hydrogen-bond acceptors (Lipinski definition) is 7. The molecule has 9 heteroatoms. The Hall–Kier alpha value is -1.97. The first-order chi connectivity index (χ1) is 15.5. The molecule has 1 atom stereocenters. The number of benzene rings is 1. The van der Waals surface area contributed by atoms with E-state index in [2.05, 4.69) is 6.92 Å². The number of unbranched alkanes of at least 4 members (excludes halogenated alkanes) is 1. The molecule has 0 saturated heterocycles. The Morgan fingerprint density at radius 1 is 1.06 bits per heavy atom. The average Bonchev–Trinajstić information content (AvgIpc) is 2.78. The molecule has 0 aromatic heterocycles. The predicted molar refractivity (Wildman–Crippen MR) is 126 cm³/mol. The van der Waals surface area contributed by atoms with Gasteiger partial charge in [-0.2, -0.15) is 11.8 Å². The van der Waals surface area contributed by atoms with Gasteiger partial charge in [0.1, 0.15) is 19.0 Å². The third-order valence-electron chi connectivity index (χ3n) is 4.54. The fraction of sp³-hybridized carbons (Fsp3) is 0.652. The van der Waals surface area contributed by atoms with E-state index in [4.69, 9.17) is 18.9 Å². The van der Waals surface area contributed by atoms with Crippen molar-refractivity contribution in [3.05, 3.63) is 29.8 Å². The first kappa shape index (κ1) is 28.1. The second-order valence-electron chi connectivity index (χ2n) is 7.04. The second-order valence-corrected chi connectivity index (χ2v) is 8.26. The highest BCUT2D eigenvalue weighted by Gasteiger charge is 2.18.